The van der Waals surface area contributed by atoms with Crippen LogP contribution >= 0.6 is 7.82 Å². The van der Waals surface area contributed by atoms with Crippen molar-refractivity contribution in [3.63, 3.8) is 0 Å². The molecule has 0 rings (SSSR count). The van der Waals surface area contributed by atoms with Crippen LogP contribution in [-0.2, 0) is 32.7 Å². The van der Waals surface area contributed by atoms with Crippen LogP contribution in [0.3, 0.4) is 0 Å². The van der Waals surface area contributed by atoms with E-state index in [9.17, 15) is 19.0 Å². The molecule has 0 aliphatic rings. The van der Waals surface area contributed by atoms with Crippen LogP contribution in [0.5, 0.6) is 0 Å². The number of ether oxygens (including phenoxy) is 2. The highest BCUT2D eigenvalue weighted by Crippen LogP contribution is 2.43. The van der Waals surface area contributed by atoms with E-state index in [1.165, 1.54) is 64.2 Å². The fraction of sp³-hybridized carbons (Fsp3) is 0.842. The molecule has 0 aliphatic heterocycles. The first-order valence-corrected chi connectivity index (χ1v) is 20.6. The van der Waals surface area contributed by atoms with Gasteiger partial charge in [0, 0.05) is 12.8 Å². The molecule has 0 radical (unpaired) electrons. The first-order valence-electron chi connectivity index (χ1n) is 19.1. The van der Waals surface area contributed by atoms with E-state index >= 15 is 0 Å². The van der Waals surface area contributed by atoms with Gasteiger partial charge in [-0.15, -0.1) is 0 Å². The maximum atomic E-state index is 12.6. The zero-order valence-electron chi connectivity index (χ0n) is 31.5. The molecule has 282 valence electrons. The molecule has 0 fully saturated rings. The van der Waals surface area contributed by atoms with Crippen molar-refractivity contribution in [2.75, 3.05) is 47.5 Å². The first-order chi connectivity index (χ1) is 23.0. The normalized spacial score (nSPS) is 14.0. The Morgan fingerprint density at radius 3 is 1.71 bits per heavy atom. The molecule has 10 heteroatoms. The Labute approximate surface area is 294 Å². The Kier molecular flexibility index (Phi) is 30.5. The van der Waals surface area contributed by atoms with Crippen LogP contribution in [0.2, 0.25) is 0 Å². The van der Waals surface area contributed by atoms with E-state index < -0.39 is 26.5 Å². The number of unbranched alkanes of at least 4 members (excludes halogenated alkanes) is 16. The zero-order valence-corrected chi connectivity index (χ0v) is 32.4. The molecule has 2 atom stereocenters. The van der Waals surface area contributed by atoms with Gasteiger partial charge < -0.3 is 18.9 Å². The third-order valence-corrected chi connectivity index (χ3v) is 8.97. The molecule has 0 aromatic rings. The average Bonchev–Trinajstić information content (AvgIpc) is 3.02. The number of phosphoric ester groups is 1. The molecule has 0 spiro atoms. The third-order valence-electron chi connectivity index (χ3n) is 7.98. The molecule has 1 N–H and O–H groups in total. The van der Waals surface area contributed by atoms with Crippen LogP contribution in [0.1, 0.15) is 155 Å². The molecule has 0 aromatic heterocycles. The van der Waals surface area contributed by atoms with Crippen LogP contribution in [0, 0.1) is 0 Å². The van der Waals surface area contributed by atoms with E-state index in [1.807, 2.05) is 21.1 Å². The summed E-state index contributed by atoms with van der Waals surface area (Å²) in [6.07, 6.45) is 30.8. The molecular formula is C38H73NO8P+. The number of hydrogen-bond donors (Lipinski definition) is 1. The van der Waals surface area contributed by atoms with E-state index in [0.29, 0.717) is 17.4 Å². The number of allylic oxidation sites excluding steroid dienone is 4. The molecule has 0 bridgehead atoms. The number of hydrogen-bond acceptors (Lipinski definition) is 7. The monoisotopic (exact) mass is 703 g/mol. The molecular weight excluding hydrogens is 629 g/mol. The summed E-state index contributed by atoms with van der Waals surface area (Å²) in [6.45, 7) is 4.33. The highest BCUT2D eigenvalue weighted by molar-refractivity contribution is 7.47. The number of likely N-dealkylation sites (N-methyl/N-ethyl adjacent to an activating group) is 1. The van der Waals surface area contributed by atoms with Crippen LogP contribution < -0.4 is 0 Å². The van der Waals surface area contributed by atoms with Crippen molar-refractivity contribution >= 4 is 19.8 Å². The van der Waals surface area contributed by atoms with Crippen molar-refractivity contribution in [2.24, 2.45) is 0 Å². The van der Waals surface area contributed by atoms with Crippen molar-refractivity contribution in [3.05, 3.63) is 24.3 Å². The molecule has 0 heterocycles. The summed E-state index contributed by atoms with van der Waals surface area (Å²) >= 11 is 0. The summed E-state index contributed by atoms with van der Waals surface area (Å²) in [5.74, 6) is -0.816. The van der Waals surface area contributed by atoms with Gasteiger partial charge in [0.05, 0.1) is 27.7 Å². The van der Waals surface area contributed by atoms with Crippen LogP contribution in [0.15, 0.2) is 24.3 Å². The summed E-state index contributed by atoms with van der Waals surface area (Å²) in [5, 5.41) is 0. The largest absolute Gasteiger partial charge is 0.472 e. The van der Waals surface area contributed by atoms with Gasteiger partial charge in [0.2, 0.25) is 0 Å². The Morgan fingerprint density at radius 2 is 1.15 bits per heavy atom. The lowest BCUT2D eigenvalue weighted by atomic mass is 10.1. The maximum Gasteiger partial charge on any atom is 0.472 e. The number of phosphoric acid groups is 1. The van der Waals surface area contributed by atoms with Crippen LogP contribution in [0.25, 0.3) is 0 Å². The van der Waals surface area contributed by atoms with Gasteiger partial charge in [-0.05, 0) is 38.5 Å². The van der Waals surface area contributed by atoms with Gasteiger partial charge in [-0.2, -0.15) is 0 Å². The topological polar surface area (TPSA) is 108 Å². The molecule has 0 aromatic carbocycles. The highest BCUT2D eigenvalue weighted by atomic mass is 31.2. The smallest absolute Gasteiger partial charge is 0.462 e. The van der Waals surface area contributed by atoms with Gasteiger partial charge in [0.25, 0.3) is 0 Å². The number of quaternary nitrogens is 1. The van der Waals surface area contributed by atoms with Crippen molar-refractivity contribution in [1.29, 1.82) is 0 Å². The van der Waals surface area contributed by atoms with E-state index in [4.69, 9.17) is 18.5 Å². The van der Waals surface area contributed by atoms with Crippen molar-refractivity contribution < 1.29 is 42.1 Å². The predicted molar refractivity (Wildman–Crippen MR) is 197 cm³/mol. The number of esters is 2. The summed E-state index contributed by atoms with van der Waals surface area (Å²) in [6, 6.07) is 0. The second-order valence-electron chi connectivity index (χ2n) is 14.0. The fourth-order valence-electron chi connectivity index (χ4n) is 4.91. The summed E-state index contributed by atoms with van der Waals surface area (Å²) in [4.78, 5) is 35.1. The molecule has 0 amide bonds. The molecule has 48 heavy (non-hydrogen) atoms. The summed E-state index contributed by atoms with van der Waals surface area (Å²) in [7, 11) is 1.47. The minimum absolute atomic E-state index is 0.0307. The van der Waals surface area contributed by atoms with E-state index in [0.717, 1.165) is 57.8 Å². The standard InChI is InChI=1S/C38H72NO8P/c1-6-8-10-12-14-16-18-19-20-21-23-24-26-28-30-37(40)44-34-36(35-46-48(42,43)45-33-32-39(3,4)5)47-38(41)31-29-27-25-22-17-15-13-11-9-7-2/h12,14,18-19,36H,6-11,13,15-17,20-35H2,1-5H3/p+1/b14-12+,19-18+/t36-/m0/s1. The lowest BCUT2D eigenvalue weighted by Crippen LogP contribution is -2.37. The van der Waals surface area contributed by atoms with E-state index in [2.05, 4.69) is 38.2 Å². The minimum Gasteiger partial charge on any atom is -0.462 e. The summed E-state index contributed by atoms with van der Waals surface area (Å²) < 4.78 is 34.1. The molecule has 0 saturated heterocycles. The van der Waals surface area contributed by atoms with Crippen LogP contribution in [-0.4, -0.2) is 74.9 Å². The van der Waals surface area contributed by atoms with Crippen LogP contribution in [0.4, 0.5) is 0 Å². The second-order valence-corrected chi connectivity index (χ2v) is 15.4. The number of carbonyl (C=O) groups excluding carboxylic acids is 2. The lowest BCUT2D eigenvalue weighted by molar-refractivity contribution is -0.870. The zero-order chi connectivity index (χ0) is 35.8. The van der Waals surface area contributed by atoms with Crippen molar-refractivity contribution in [3.8, 4) is 0 Å². The Bertz CT molecular complexity index is 886. The Balaban J connectivity index is 4.45. The average molecular weight is 703 g/mol. The number of carbonyl (C=O) groups is 2. The Morgan fingerprint density at radius 1 is 0.646 bits per heavy atom. The SMILES string of the molecule is CCCC/C=C/C/C=C/CCCCCCCC(=O)OC[C@@H](COP(=O)(O)OCC[N+](C)(C)C)OC(=O)CCCCCCCCCCCC. The van der Waals surface area contributed by atoms with Gasteiger partial charge in [0.1, 0.15) is 19.8 Å². The van der Waals surface area contributed by atoms with Crippen molar-refractivity contribution in [1.82, 2.24) is 0 Å². The maximum absolute atomic E-state index is 12.6. The van der Waals surface area contributed by atoms with E-state index in [-0.39, 0.29) is 32.0 Å². The molecule has 0 saturated carbocycles. The highest BCUT2D eigenvalue weighted by Gasteiger charge is 2.27. The molecule has 1 unspecified atom stereocenters. The lowest BCUT2D eigenvalue weighted by Gasteiger charge is -2.24. The Hall–Kier alpha value is -1.51. The molecule has 0 aliphatic carbocycles. The van der Waals surface area contributed by atoms with Crippen molar-refractivity contribution in [2.45, 2.75) is 161 Å². The second kappa shape index (κ2) is 31.5. The number of rotatable bonds is 34. The summed E-state index contributed by atoms with van der Waals surface area (Å²) in [5.41, 5.74) is 0. The van der Waals surface area contributed by atoms with Gasteiger partial charge >= 0.3 is 19.8 Å². The first kappa shape index (κ1) is 46.5. The molecule has 9 nitrogen and oxygen atoms in total. The fourth-order valence-corrected chi connectivity index (χ4v) is 5.65. The third kappa shape index (κ3) is 34.4. The quantitative estimate of drug-likeness (QED) is 0.0232. The van der Waals surface area contributed by atoms with Gasteiger partial charge in [-0.25, -0.2) is 4.57 Å². The number of nitrogens with zero attached hydrogens (tertiary/aromatic N) is 1. The van der Waals surface area contributed by atoms with Gasteiger partial charge in [-0.1, -0.05) is 128 Å². The van der Waals surface area contributed by atoms with E-state index in [1.54, 1.807) is 0 Å². The predicted octanol–water partition coefficient (Wildman–Crippen LogP) is 10.0. The van der Waals surface area contributed by atoms with Gasteiger partial charge in [0.15, 0.2) is 6.10 Å². The minimum atomic E-state index is -4.36. The van der Waals surface area contributed by atoms with Gasteiger partial charge in [-0.3, -0.25) is 18.6 Å².